The zero-order chi connectivity index (χ0) is 10.4. The molecule has 0 aliphatic heterocycles. The number of benzene rings is 1. The minimum atomic E-state index is -0.167. The number of nitrogens with one attached hydrogen (secondary N) is 1. The van der Waals surface area contributed by atoms with Crippen molar-refractivity contribution >= 4 is 10.9 Å². The lowest BCUT2D eigenvalue weighted by molar-refractivity contribution is 0.572. The Morgan fingerprint density at radius 3 is 3.13 bits per heavy atom. The lowest BCUT2D eigenvalue weighted by Crippen LogP contribution is -2.27. The summed E-state index contributed by atoms with van der Waals surface area (Å²) in [6.45, 7) is 0. The van der Waals surface area contributed by atoms with Gasteiger partial charge in [-0.1, -0.05) is 0 Å². The quantitative estimate of drug-likeness (QED) is 0.678. The number of rotatable bonds is 0. The fraction of sp³-hybridized carbons (Fsp3) is 0.333. The molecule has 3 N–H and O–H groups in total. The SMILES string of the molecule is NC1CCc2c([nH]c3ccc(F)cc23)C1. The van der Waals surface area contributed by atoms with E-state index in [2.05, 4.69) is 4.98 Å². The molecule has 1 aromatic heterocycles. The van der Waals surface area contributed by atoms with Crippen LogP contribution in [0.5, 0.6) is 0 Å². The van der Waals surface area contributed by atoms with E-state index in [9.17, 15) is 4.39 Å². The van der Waals surface area contributed by atoms with Gasteiger partial charge in [-0.05, 0) is 36.6 Å². The highest BCUT2D eigenvalue weighted by molar-refractivity contribution is 5.85. The average molecular weight is 204 g/mol. The third-order valence-electron chi connectivity index (χ3n) is 3.19. The number of aryl methyl sites for hydroxylation is 1. The van der Waals surface area contributed by atoms with E-state index in [0.717, 1.165) is 30.2 Å². The van der Waals surface area contributed by atoms with E-state index in [1.165, 1.54) is 17.3 Å². The van der Waals surface area contributed by atoms with E-state index < -0.39 is 0 Å². The Kier molecular flexibility index (Phi) is 1.83. The minimum absolute atomic E-state index is 0.167. The molecular weight excluding hydrogens is 191 g/mol. The summed E-state index contributed by atoms with van der Waals surface area (Å²) in [7, 11) is 0. The van der Waals surface area contributed by atoms with Crippen molar-refractivity contribution in [3.8, 4) is 0 Å². The summed E-state index contributed by atoms with van der Waals surface area (Å²) in [5.74, 6) is -0.167. The molecule has 0 amide bonds. The molecule has 78 valence electrons. The first-order valence-electron chi connectivity index (χ1n) is 5.28. The molecule has 3 rings (SSSR count). The largest absolute Gasteiger partial charge is 0.358 e. The Balaban J connectivity index is 2.24. The number of halogens is 1. The van der Waals surface area contributed by atoms with Crippen LogP contribution in [0.15, 0.2) is 18.2 Å². The van der Waals surface area contributed by atoms with Crippen LogP contribution >= 0.6 is 0 Å². The van der Waals surface area contributed by atoms with Crippen molar-refractivity contribution in [3.05, 3.63) is 35.3 Å². The van der Waals surface area contributed by atoms with Crippen LogP contribution in [-0.4, -0.2) is 11.0 Å². The normalized spacial score (nSPS) is 20.5. The molecule has 0 radical (unpaired) electrons. The molecule has 0 spiro atoms. The lowest BCUT2D eigenvalue weighted by Gasteiger charge is -2.17. The van der Waals surface area contributed by atoms with Crippen molar-refractivity contribution in [1.29, 1.82) is 0 Å². The van der Waals surface area contributed by atoms with Gasteiger partial charge in [-0.25, -0.2) is 4.39 Å². The molecule has 1 aliphatic rings. The van der Waals surface area contributed by atoms with Gasteiger partial charge in [0, 0.05) is 29.1 Å². The summed E-state index contributed by atoms with van der Waals surface area (Å²) in [4.78, 5) is 3.33. The molecule has 15 heavy (non-hydrogen) atoms. The number of aromatic nitrogens is 1. The van der Waals surface area contributed by atoms with Gasteiger partial charge >= 0.3 is 0 Å². The van der Waals surface area contributed by atoms with E-state index in [4.69, 9.17) is 5.73 Å². The van der Waals surface area contributed by atoms with Crippen LogP contribution in [0, 0.1) is 5.82 Å². The Morgan fingerprint density at radius 2 is 2.27 bits per heavy atom. The Labute approximate surface area is 87.3 Å². The predicted octanol–water partition coefficient (Wildman–Crippen LogP) is 2.12. The molecule has 2 aromatic rings. The summed E-state index contributed by atoms with van der Waals surface area (Å²) in [5.41, 5.74) is 9.38. The molecule has 1 unspecified atom stereocenters. The fourth-order valence-electron chi connectivity index (χ4n) is 2.43. The second kappa shape index (κ2) is 3.07. The smallest absolute Gasteiger partial charge is 0.123 e. The van der Waals surface area contributed by atoms with Crippen molar-refractivity contribution in [2.45, 2.75) is 25.3 Å². The van der Waals surface area contributed by atoms with Crippen LogP contribution in [0.25, 0.3) is 10.9 Å². The standard InChI is InChI=1S/C12H13FN2/c13-7-1-4-11-10(5-7)9-3-2-8(14)6-12(9)15-11/h1,4-5,8,15H,2-3,6,14H2. The molecule has 1 heterocycles. The summed E-state index contributed by atoms with van der Waals surface area (Å²) in [6.07, 6.45) is 2.84. The maximum atomic E-state index is 13.1. The number of nitrogens with two attached hydrogens (primary N) is 1. The highest BCUT2D eigenvalue weighted by Crippen LogP contribution is 2.28. The van der Waals surface area contributed by atoms with E-state index in [1.807, 2.05) is 0 Å². The van der Waals surface area contributed by atoms with Gasteiger partial charge < -0.3 is 10.7 Å². The molecule has 0 saturated heterocycles. The summed E-state index contributed by atoms with van der Waals surface area (Å²) < 4.78 is 13.1. The van der Waals surface area contributed by atoms with Gasteiger partial charge in [-0.15, -0.1) is 0 Å². The van der Waals surface area contributed by atoms with Crippen LogP contribution < -0.4 is 5.73 Å². The van der Waals surface area contributed by atoms with Crippen molar-refractivity contribution in [2.75, 3.05) is 0 Å². The molecule has 3 heteroatoms. The topological polar surface area (TPSA) is 41.8 Å². The Bertz CT molecular complexity index is 516. The molecular formula is C12H13FN2. The van der Waals surface area contributed by atoms with E-state index >= 15 is 0 Å². The third kappa shape index (κ3) is 1.35. The number of hydrogen-bond donors (Lipinski definition) is 2. The minimum Gasteiger partial charge on any atom is -0.358 e. The van der Waals surface area contributed by atoms with Gasteiger partial charge in [0.15, 0.2) is 0 Å². The van der Waals surface area contributed by atoms with Gasteiger partial charge in [0.05, 0.1) is 0 Å². The first kappa shape index (κ1) is 8.92. The second-order valence-electron chi connectivity index (χ2n) is 4.27. The molecule has 1 aliphatic carbocycles. The second-order valence-corrected chi connectivity index (χ2v) is 4.27. The average Bonchev–Trinajstić information content (AvgIpc) is 2.54. The van der Waals surface area contributed by atoms with Crippen molar-refractivity contribution in [3.63, 3.8) is 0 Å². The maximum absolute atomic E-state index is 13.1. The van der Waals surface area contributed by atoms with Gasteiger partial charge in [0.1, 0.15) is 5.82 Å². The lowest BCUT2D eigenvalue weighted by atomic mass is 9.92. The number of H-pyrrole nitrogens is 1. The predicted molar refractivity (Wildman–Crippen MR) is 58.3 cm³/mol. The van der Waals surface area contributed by atoms with Gasteiger partial charge in [0.2, 0.25) is 0 Å². The fourth-order valence-corrected chi connectivity index (χ4v) is 2.43. The zero-order valence-electron chi connectivity index (χ0n) is 8.39. The van der Waals surface area contributed by atoms with Crippen LogP contribution in [0.4, 0.5) is 4.39 Å². The van der Waals surface area contributed by atoms with Crippen molar-refractivity contribution in [1.82, 2.24) is 4.98 Å². The number of aromatic amines is 1. The van der Waals surface area contributed by atoms with Crippen LogP contribution in [0.2, 0.25) is 0 Å². The van der Waals surface area contributed by atoms with Crippen molar-refractivity contribution in [2.24, 2.45) is 5.73 Å². The molecule has 1 atom stereocenters. The van der Waals surface area contributed by atoms with E-state index in [1.54, 1.807) is 12.1 Å². The van der Waals surface area contributed by atoms with Crippen LogP contribution in [0.1, 0.15) is 17.7 Å². The van der Waals surface area contributed by atoms with Crippen molar-refractivity contribution < 1.29 is 4.39 Å². The molecule has 2 nitrogen and oxygen atoms in total. The highest BCUT2D eigenvalue weighted by Gasteiger charge is 2.19. The monoisotopic (exact) mass is 204 g/mol. The van der Waals surface area contributed by atoms with E-state index in [-0.39, 0.29) is 11.9 Å². The highest BCUT2D eigenvalue weighted by atomic mass is 19.1. The number of hydrogen-bond acceptors (Lipinski definition) is 1. The Morgan fingerprint density at radius 1 is 1.40 bits per heavy atom. The first-order chi connectivity index (χ1) is 7.24. The van der Waals surface area contributed by atoms with E-state index in [0.29, 0.717) is 0 Å². The van der Waals surface area contributed by atoms with Gasteiger partial charge in [-0.2, -0.15) is 0 Å². The maximum Gasteiger partial charge on any atom is 0.123 e. The molecule has 0 bridgehead atoms. The van der Waals surface area contributed by atoms with Crippen LogP contribution in [0.3, 0.4) is 0 Å². The Hall–Kier alpha value is -1.35. The van der Waals surface area contributed by atoms with Gasteiger partial charge in [-0.3, -0.25) is 0 Å². The summed E-state index contributed by atoms with van der Waals surface area (Å²) in [6, 6.07) is 5.15. The zero-order valence-corrected chi connectivity index (χ0v) is 8.39. The third-order valence-corrected chi connectivity index (χ3v) is 3.19. The first-order valence-corrected chi connectivity index (χ1v) is 5.28. The van der Waals surface area contributed by atoms with Crippen LogP contribution in [-0.2, 0) is 12.8 Å². The van der Waals surface area contributed by atoms with Gasteiger partial charge in [0.25, 0.3) is 0 Å². The molecule has 1 aromatic carbocycles. The molecule has 0 fully saturated rings. The summed E-state index contributed by atoms with van der Waals surface area (Å²) >= 11 is 0. The summed E-state index contributed by atoms with van der Waals surface area (Å²) in [5, 5.41) is 1.02. The molecule has 0 saturated carbocycles. The number of fused-ring (bicyclic) bond motifs is 3.